The highest BCUT2D eigenvalue weighted by Gasteiger charge is 2.23. The van der Waals surface area contributed by atoms with Crippen LogP contribution in [-0.4, -0.2) is 26.1 Å². The van der Waals surface area contributed by atoms with Crippen molar-refractivity contribution in [1.29, 1.82) is 0 Å². The first-order valence-electron chi connectivity index (χ1n) is 6.18. The third kappa shape index (κ3) is 3.17. The van der Waals surface area contributed by atoms with E-state index in [4.69, 9.17) is 11.6 Å². The maximum absolute atomic E-state index is 5.70. The van der Waals surface area contributed by atoms with E-state index in [0.717, 1.165) is 18.2 Å². The maximum Gasteiger partial charge on any atom is 0.138 e. The van der Waals surface area contributed by atoms with Crippen LogP contribution in [-0.2, 0) is 0 Å². The predicted molar refractivity (Wildman–Crippen MR) is 63.4 cm³/mol. The van der Waals surface area contributed by atoms with Gasteiger partial charge in [-0.1, -0.05) is 25.7 Å². The minimum atomic E-state index is 0.518. The summed E-state index contributed by atoms with van der Waals surface area (Å²) in [5, 5.41) is 11.4. The molecule has 1 saturated carbocycles. The van der Waals surface area contributed by atoms with Crippen LogP contribution in [0.3, 0.4) is 0 Å². The molecule has 4 nitrogen and oxygen atoms in total. The van der Waals surface area contributed by atoms with Gasteiger partial charge in [0.1, 0.15) is 6.33 Å². The van der Waals surface area contributed by atoms with Gasteiger partial charge in [-0.3, -0.25) is 0 Å². The normalized spacial score (nSPS) is 25.8. The van der Waals surface area contributed by atoms with E-state index in [9.17, 15) is 0 Å². The maximum atomic E-state index is 5.70. The lowest BCUT2D eigenvalue weighted by Crippen LogP contribution is -2.19. The van der Waals surface area contributed by atoms with Crippen molar-refractivity contribution in [2.45, 2.75) is 51.0 Å². The molecule has 1 fully saturated rings. The van der Waals surface area contributed by atoms with E-state index in [2.05, 4.69) is 15.5 Å². The van der Waals surface area contributed by atoms with Crippen LogP contribution in [0.15, 0.2) is 6.33 Å². The SMILES string of the molecule is ClCCCC[C@@H]1CCC[C@@H](n2cnnn2)C1. The van der Waals surface area contributed by atoms with Crippen LogP contribution >= 0.6 is 11.6 Å². The number of hydrogen-bond donors (Lipinski definition) is 0. The van der Waals surface area contributed by atoms with Gasteiger partial charge in [0.05, 0.1) is 6.04 Å². The number of halogens is 1. The van der Waals surface area contributed by atoms with Crippen molar-refractivity contribution < 1.29 is 0 Å². The largest absolute Gasteiger partial charge is 0.229 e. The number of aromatic nitrogens is 4. The molecule has 1 aliphatic rings. The van der Waals surface area contributed by atoms with Crippen LogP contribution in [0.2, 0.25) is 0 Å². The van der Waals surface area contributed by atoms with Crippen molar-refractivity contribution in [1.82, 2.24) is 20.2 Å². The predicted octanol–water partition coefficient (Wildman–Crippen LogP) is 2.81. The molecule has 0 aromatic carbocycles. The van der Waals surface area contributed by atoms with Gasteiger partial charge in [0.25, 0.3) is 0 Å². The Morgan fingerprint density at radius 1 is 1.31 bits per heavy atom. The Hall–Kier alpha value is -0.640. The molecule has 0 bridgehead atoms. The molecule has 0 saturated heterocycles. The Balaban J connectivity index is 1.80. The van der Waals surface area contributed by atoms with Crippen molar-refractivity contribution in [3.8, 4) is 0 Å². The van der Waals surface area contributed by atoms with Crippen molar-refractivity contribution >= 4 is 11.6 Å². The lowest BCUT2D eigenvalue weighted by molar-refractivity contribution is 0.236. The highest BCUT2D eigenvalue weighted by Crippen LogP contribution is 2.34. The monoisotopic (exact) mass is 242 g/mol. The van der Waals surface area contributed by atoms with Gasteiger partial charge in [-0.15, -0.1) is 16.7 Å². The van der Waals surface area contributed by atoms with Gasteiger partial charge in [0, 0.05) is 5.88 Å². The van der Waals surface area contributed by atoms with Gasteiger partial charge in [0.15, 0.2) is 0 Å². The lowest BCUT2D eigenvalue weighted by Gasteiger charge is -2.28. The molecule has 1 aromatic heterocycles. The summed E-state index contributed by atoms with van der Waals surface area (Å²) < 4.78 is 1.92. The zero-order valence-corrected chi connectivity index (χ0v) is 10.3. The summed E-state index contributed by atoms with van der Waals surface area (Å²) >= 11 is 5.70. The molecule has 2 rings (SSSR count). The molecule has 0 amide bonds. The molecule has 1 aromatic rings. The van der Waals surface area contributed by atoms with Crippen molar-refractivity contribution in [2.24, 2.45) is 5.92 Å². The third-order valence-corrected chi connectivity index (χ3v) is 3.76. The Morgan fingerprint density at radius 2 is 2.25 bits per heavy atom. The molecular weight excluding hydrogens is 224 g/mol. The summed E-state index contributed by atoms with van der Waals surface area (Å²) in [5.41, 5.74) is 0. The smallest absolute Gasteiger partial charge is 0.138 e. The summed E-state index contributed by atoms with van der Waals surface area (Å²) in [4.78, 5) is 0. The van der Waals surface area contributed by atoms with Crippen LogP contribution in [0.4, 0.5) is 0 Å². The number of unbranched alkanes of at least 4 members (excludes halogenated alkanes) is 1. The summed E-state index contributed by atoms with van der Waals surface area (Å²) in [7, 11) is 0. The van der Waals surface area contributed by atoms with Crippen molar-refractivity contribution in [3.05, 3.63) is 6.33 Å². The molecule has 1 heterocycles. The lowest BCUT2D eigenvalue weighted by atomic mass is 9.83. The van der Waals surface area contributed by atoms with Crippen LogP contribution in [0.25, 0.3) is 0 Å². The number of tetrazole rings is 1. The second kappa shape index (κ2) is 6.18. The van der Waals surface area contributed by atoms with Gasteiger partial charge in [0.2, 0.25) is 0 Å². The summed E-state index contributed by atoms with van der Waals surface area (Å²) in [6.07, 6.45) is 10.6. The molecule has 2 atom stereocenters. The fourth-order valence-electron chi connectivity index (χ4n) is 2.63. The van der Waals surface area contributed by atoms with Gasteiger partial charge in [-0.2, -0.15) is 0 Å². The summed E-state index contributed by atoms with van der Waals surface area (Å²) in [6.45, 7) is 0. The first-order valence-corrected chi connectivity index (χ1v) is 6.72. The Bertz CT molecular complexity index is 288. The average molecular weight is 243 g/mol. The second-order valence-corrected chi connectivity index (χ2v) is 5.04. The molecule has 90 valence electrons. The van der Waals surface area contributed by atoms with Gasteiger partial charge < -0.3 is 0 Å². The molecule has 0 aliphatic heterocycles. The molecule has 1 aliphatic carbocycles. The summed E-state index contributed by atoms with van der Waals surface area (Å²) in [5.74, 6) is 1.63. The number of nitrogens with zero attached hydrogens (tertiary/aromatic N) is 4. The summed E-state index contributed by atoms with van der Waals surface area (Å²) in [6, 6.07) is 0.518. The van der Waals surface area contributed by atoms with Gasteiger partial charge >= 0.3 is 0 Å². The zero-order valence-electron chi connectivity index (χ0n) is 9.56. The van der Waals surface area contributed by atoms with Crippen LogP contribution < -0.4 is 0 Å². The Labute approximate surface area is 101 Å². The molecule has 0 unspecified atom stereocenters. The van der Waals surface area contributed by atoms with E-state index in [1.165, 1.54) is 38.5 Å². The first kappa shape index (κ1) is 11.8. The standard InChI is InChI=1S/C11H19ClN4/c12-7-2-1-4-10-5-3-6-11(8-10)16-9-13-14-15-16/h9-11H,1-8H2/t10-,11-/m1/s1. The highest BCUT2D eigenvalue weighted by atomic mass is 35.5. The third-order valence-electron chi connectivity index (χ3n) is 3.49. The van der Waals surface area contributed by atoms with Gasteiger partial charge in [-0.25, -0.2) is 4.68 Å². The number of rotatable bonds is 5. The van der Waals surface area contributed by atoms with Crippen LogP contribution in [0, 0.1) is 5.92 Å². The quantitative estimate of drug-likeness (QED) is 0.589. The topological polar surface area (TPSA) is 43.6 Å². The highest BCUT2D eigenvalue weighted by molar-refractivity contribution is 6.17. The molecule has 16 heavy (non-hydrogen) atoms. The van der Waals surface area contributed by atoms with E-state index in [-0.39, 0.29) is 0 Å². The molecule has 0 radical (unpaired) electrons. The average Bonchev–Trinajstić information content (AvgIpc) is 2.83. The fraction of sp³-hybridized carbons (Fsp3) is 0.909. The molecular formula is C11H19ClN4. The number of alkyl halides is 1. The van der Waals surface area contributed by atoms with Crippen LogP contribution in [0.5, 0.6) is 0 Å². The van der Waals surface area contributed by atoms with Crippen molar-refractivity contribution in [2.75, 3.05) is 5.88 Å². The minimum Gasteiger partial charge on any atom is -0.229 e. The Morgan fingerprint density at radius 3 is 3.00 bits per heavy atom. The second-order valence-electron chi connectivity index (χ2n) is 4.66. The van der Waals surface area contributed by atoms with E-state index in [1.807, 2.05) is 4.68 Å². The Kier molecular flexibility index (Phi) is 4.57. The zero-order chi connectivity index (χ0) is 11.2. The fourth-order valence-corrected chi connectivity index (χ4v) is 2.82. The molecule has 5 heteroatoms. The van der Waals surface area contributed by atoms with E-state index in [1.54, 1.807) is 6.33 Å². The number of hydrogen-bond acceptors (Lipinski definition) is 3. The van der Waals surface area contributed by atoms with Gasteiger partial charge in [-0.05, 0) is 35.6 Å². The molecule has 0 spiro atoms. The van der Waals surface area contributed by atoms with Crippen LogP contribution in [0.1, 0.15) is 51.0 Å². The van der Waals surface area contributed by atoms with E-state index in [0.29, 0.717) is 6.04 Å². The van der Waals surface area contributed by atoms with E-state index < -0.39 is 0 Å². The van der Waals surface area contributed by atoms with Crippen molar-refractivity contribution in [3.63, 3.8) is 0 Å². The first-order chi connectivity index (χ1) is 7.90. The minimum absolute atomic E-state index is 0.518. The molecule has 0 N–H and O–H groups in total. The van der Waals surface area contributed by atoms with E-state index >= 15 is 0 Å².